The van der Waals surface area contributed by atoms with E-state index in [1.807, 2.05) is 13.0 Å². The molecule has 53 heavy (non-hydrogen) atoms. The number of hydrogen-bond donors (Lipinski definition) is 2. The third-order valence-corrected chi connectivity index (χ3v) is 8.36. The lowest BCUT2D eigenvalue weighted by atomic mass is 10.0. The Kier molecular flexibility index (Phi) is 9.12. The van der Waals surface area contributed by atoms with Gasteiger partial charge in [-0.05, 0) is 42.3 Å². The van der Waals surface area contributed by atoms with Gasteiger partial charge in [-0.15, -0.1) is 0 Å². The standard InChI is InChI=1S/C16H11ClF3N5O3.C16H14ClN5O3/c1-26-15-14(22-2-3-23-15)25-13(21)10(12(24-25)16(18,19)20)7-4-8(17)11-9(5-7)27-6-28-11;1-8-12(9-5-10(17)13-11(6-9)24-7-25-13)14(18)22(21-8)15-16(23-2)20-4-3-19-15/h2-5H,6,21H2,1H3;3-6H,7,18H2,1-2H3. The molecule has 274 valence electrons. The summed E-state index contributed by atoms with van der Waals surface area (Å²) in [6.45, 7) is 1.91. The highest BCUT2D eigenvalue weighted by Gasteiger charge is 2.40. The number of alkyl halides is 3. The molecule has 0 radical (unpaired) electrons. The average molecular weight is 774 g/mol. The molecule has 2 aliphatic heterocycles. The number of nitrogen functional groups attached to an aromatic ring is 2. The minimum Gasteiger partial charge on any atom is -0.478 e. The highest BCUT2D eigenvalue weighted by atomic mass is 35.5. The SMILES string of the molecule is COc1nccnc1-n1nc(C(F)(F)F)c(-c2cc(Cl)c3c(c2)OCO3)c1N.COc1nccnc1-n1nc(C)c(-c2cc(Cl)c3c(c2)OCO3)c1N. The van der Waals surface area contributed by atoms with Crippen LogP contribution in [0.1, 0.15) is 11.4 Å². The number of nitrogens with two attached hydrogens (primary N) is 2. The van der Waals surface area contributed by atoms with Gasteiger partial charge >= 0.3 is 6.18 Å². The van der Waals surface area contributed by atoms with Crippen molar-refractivity contribution in [2.24, 2.45) is 0 Å². The molecule has 0 fully saturated rings. The number of anilines is 2. The van der Waals surface area contributed by atoms with E-state index in [4.69, 9.17) is 63.1 Å². The minimum absolute atomic E-state index is 0.0410. The molecule has 6 heterocycles. The van der Waals surface area contributed by atoms with Crippen LogP contribution in [0.5, 0.6) is 34.8 Å². The predicted octanol–water partition coefficient (Wildman–Crippen LogP) is 5.93. The summed E-state index contributed by atoms with van der Waals surface area (Å²) in [6, 6.07) is 6.26. The monoisotopic (exact) mass is 772 g/mol. The van der Waals surface area contributed by atoms with Crippen LogP contribution in [0.25, 0.3) is 33.9 Å². The summed E-state index contributed by atoms with van der Waals surface area (Å²) >= 11 is 12.4. The molecule has 4 N–H and O–H groups in total. The molecule has 0 bridgehead atoms. The Morgan fingerprint density at radius 3 is 1.62 bits per heavy atom. The van der Waals surface area contributed by atoms with Crippen molar-refractivity contribution in [1.29, 1.82) is 0 Å². The smallest absolute Gasteiger partial charge is 0.435 e. The van der Waals surface area contributed by atoms with Crippen LogP contribution in [0, 0.1) is 6.92 Å². The zero-order valence-corrected chi connectivity index (χ0v) is 29.1. The van der Waals surface area contributed by atoms with Gasteiger partial charge in [0.1, 0.15) is 11.6 Å². The molecule has 0 unspecified atom stereocenters. The second kappa shape index (κ2) is 13.7. The van der Waals surface area contributed by atoms with E-state index in [0.29, 0.717) is 39.7 Å². The van der Waals surface area contributed by atoms with Crippen molar-refractivity contribution < 1.29 is 41.6 Å². The molecule has 2 aliphatic rings. The van der Waals surface area contributed by atoms with Crippen LogP contribution in [0.4, 0.5) is 24.8 Å². The lowest BCUT2D eigenvalue weighted by Crippen LogP contribution is -2.10. The van der Waals surface area contributed by atoms with E-state index >= 15 is 0 Å². The first-order valence-electron chi connectivity index (χ1n) is 15.1. The van der Waals surface area contributed by atoms with E-state index in [-0.39, 0.29) is 58.8 Å². The van der Waals surface area contributed by atoms with Crippen LogP contribution < -0.4 is 39.9 Å². The van der Waals surface area contributed by atoms with Gasteiger partial charge in [0.05, 0.1) is 35.5 Å². The Balaban J connectivity index is 0.000000165. The third kappa shape index (κ3) is 6.33. The normalized spacial score (nSPS) is 12.8. The molecule has 6 aromatic rings. The molecule has 2 aromatic carbocycles. The number of rotatable bonds is 6. The van der Waals surface area contributed by atoms with Crippen molar-refractivity contribution in [3.63, 3.8) is 0 Å². The maximum Gasteiger partial charge on any atom is 0.435 e. The van der Waals surface area contributed by atoms with Gasteiger partial charge in [-0.25, -0.2) is 19.9 Å². The zero-order valence-electron chi connectivity index (χ0n) is 27.6. The molecule has 16 nitrogen and oxygen atoms in total. The van der Waals surface area contributed by atoms with E-state index in [9.17, 15) is 13.2 Å². The number of benzene rings is 2. The number of hydrogen-bond acceptors (Lipinski definition) is 14. The van der Waals surface area contributed by atoms with Crippen LogP contribution in [0.2, 0.25) is 10.0 Å². The summed E-state index contributed by atoms with van der Waals surface area (Å²) in [4.78, 5) is 16.3. The number of halogens is 5. The minimum atomic E-state index is -4.80. The first-order valence-corrected chi connectivity index (χ1v) is 15.9. The van der Waals surface area contributed by atoms with Crippen molar-refractivity contribution >= 4 is 34.8 Å². The van der Waals surface area contributed by atoms with Crippen LogP contribution >= 0.6 is 23.2 Å². The maximum absolute atomic E-state index is 13.7. The summed E-state index contributed by atoms with van der Waals surface area (Å²) in [5, 5.41) is 8.65. The van der Waals surface area contributed by atoms with Crippen molar-refractivity contribution in [2.75, 3.05) is 39.3 Å². The quantitative estimate of drug-likeness (QED) is 0.202. The molecule has 4 aromatic heterocycles. The van der Waals surface area contributed by atoms with Gasteiger partial charge in [0.2, 0.25) is 25.2 Å². The van der Waals surface area contributed by atoms with Crippen molar-refractivity contribution in [2.45, 2.75) is 13.1 Å². The number of fused-ring (bicyclic) bond motifs is 2. The van der Waals surface area contributed by atoms with Crippen molar-refractivity contribution in [3.8, 4) is 68.6 Å². The highest BCUT2D eigenvalue weighted by Crippen LogP contribution is 2.47. The molecule has 8 rings (SSSR count). The fourth-order valence-electron chi connectivity index (χ4n) is 5.58. The van der Waals surface area contributed by atoms with E-state index in [0.717, 1.165) is 15.8 Å². The Morgan fingerprint density at radius 2 is 1.13 bits per heavy atom. The topological polar surface area (TPSA) is 195 Å². The zero-order chi connectivity index (χ0) is 37.6. The number of methoxy groups -OCH3 is 2. The maximum atomic E-state index is 13.7. The lowest BCUT2D eigenvalue weighted by Gasteiger charge is -2.09. The van der Waals surface area contributed by atoms with Crippen molar-refractivity contribution in [3.05, 3.63) is 70.5 Å². The fourth-order valence-corrected chi connectivity index (χ4v) is 6.11. The van der Waals surface area contributed by atoms with E-state index in [1.54, 1.807) is 12.3 Å². The molecule has 0 saturated carbocycles. The number of ether oxygens (including phenoxy) is 6. The molecule has 0 saturated heterocycles. The van der Waals surface area contributed by atoms with Gasteiger partial charge < -0.3 is 39.9 Å². The Hall–Kier alpha value is -6.21. The molecule has 0 atom stereocenters. The summed E-state index contributed by atoms with van der Waals surface area (Å²) in [5.74, 6) is 2.24. The second-order valence-electron chi connectivity index (χ2n) is 10.9. The average Bonchev–Trinajstić information content (AvgIpc) is 3.94. The third-order valence-electron chi connectivity index (χ3n) is 7.80. The largest absolute Gasteiger partial charge is 0.478 e. The molecule has 21 heteroatoms. The van der Waals surface area contributed by atoms with E-state index in [2.05, 4.69) is 30.1 Å². The number of aryl methyl sites for hydroxylation is 1. The van der Waals surface area contributed by atoms with Gasteiger partial charge in [0.25, 0.3) is 11.8 Å². The lowest BCUT2D eigenvalue weighted by molar-refractivity contribution is -0.140. The van der Waals surface area contributed by atoms with Crippen LogP contribution in [0.15, 0.2) is 49.1 Å². The number of aromatic nitrogens is 8. The summed E-state index contributed by atoms with van der Waals surface area (Å²) in [6.07, 6.45) is 0.889. The van der Waals surface area contributed by atoms with Gasteiger partial charge in [-0.2, -0.15) is 32.7 Å². The van der Waals surface area contributed by atoms with E-state index in [1.165, 1.54) is 49.6 Å². The molecule has 0 spiro atoms. The molecule has 0 aliphatic carbocycles. The Labute approximate surface area is 306 Å². The van der Waals surface area contributed by atoms with Gasteiger partial charge in [0, 0.05) is 30.4 Å². The Morgan fingerprint density at radius 1 is 0.679 bits per heavy atom. The Bertz CT molecular complexity index is 2370. The van der Waals surface area contributed by atoms with E-state index < -0.39 is 11.9 Å². The fraction of sp³-hybridized carbons (Fsp3) is 0.188. The summed E-state index contributed by atoms with van der Waals surface area (Å²) in [7, 11) is 2.81. The first kappa shape index (κ1) is 35.2. The summed E-state index contributed by atoms with van der Waals surface area (Å²) < 4.78 is 74.9. The molecule has 0 amide bonds. The first-order chi connectivity index (χ1) is 25.4. The number of nitrogens with zero attached hydrogens (tertiary/aromatic N) is 8. The van der Waals surface area contributed by atoms with Crippen LogP contribution in [0.3, 0.4) is 0 Å². The van der Waals surface area contributed by atoms with Crippen LogP contribution in [-0.4, -0.2) is 67.3 Å². The second-order valence-corrected chi connectivity index (χ2v) is 11.8. The van der Waals surface area contributed by atoms with Crippen LogP contribution in [-0.2, 0) is 6.18 Å². The van der Waals surface area contributed by atoms with Gasteiger partial charge in [-0.3, -0.25) is 0 Å². The van der Waals surface area contributed by atoms with Gasteiger partial charge in [0.15, 0.2) is 28.7 Å². The molecular weight excluding hydrogens is 748 g/mol. The highest BCUT2D eigenvalue weighted by molar-refractivity contribution is 6.33. The molecular formula is C32H25Cl2F3N10O6. The van der Waals surface area contributed by atoms with Crippen molar-refractivity contribution in [1.82, 2.24) is 39.5 Å². The predicted molar refractivity (Wildman–Crippen MR) is 183 cm³/mol. The summed E-state index contributed by atoms with van der Waals surface area (Å²) in [5.41, 5.74) is 13.1. The van der Waals surface area contributed by atoms with Gasteiger partial charge in [-0.1, -0.05) is 23.2 Å².